The van der Waals surface area contributed by atoms with E-state index in [2.05, 4.69) is 34.4 Å². The molecule has 2 N–H and O–H groups in total. The van der Waals surface area contributed by atoms with Crippen LogP contribution in [0.15, 0.2) is 12.4 Å². The van der Waals surface area contributed by atoms with E-state index in [0.29, 0.717) is 18.2 Å². The van der Waals surface area contributed by atoms with Gasteiger partial charge >= 0.3 is 0 Å². The summed E-state index contributed by atoms with van der Waals surface area (Å²) in [5.74, 6) is 2.05. The molecule has 25 heavy (non-hydrogen) atoms. The lowest BCUT2D eigenvalue weighted by Crippen LogP contribution is -2.43. The Bertz CT molecular complexity index is 651. The maximum Gasteiger partial charge on any atom is 0.147 e. The molecule has 0 amide bonds. The fraction of sp³-hybridized carbons (Fsp3) is 0.765. The highest BCUT2D eigenvalue weighted by molar-refractivity contribution is 7.90. The van der Waals surface area contributed by atoms with Crippen molar-refractivity contribution in [3.8, 4) is 0 Å². The minimum atomic E-state index is -2.95. The lowest BCUT2D eigenvalue weighted by molar-refractivity contribution is -0.0203. The third-order valence-electron chi connectivity index (χ3n) is 4.34. The zero-order valence-corrected chi connectivity index (χ0v) is 16.3. The largest absolute Gasteiger partial charge is 0.376 e. The standard InChI is InChI=1S/C17H30N4O3S/c1-12(2)17-14(6-5-8-24-17)21-16-10-15(18-11-19-16)20-13(3)7-9-25(4,22)23/h10-14,17H,5-9H2,1-4H3,(H2,18,19,20,21). The Hall–Kier alpha value is -1.41. The van der Waals surface area contributed by atoms with Gasteiger partial charge in [0.25, 0.3) is 0 Å². The van der Waals surface area contributed by atoms with Crippen molar-refractivity contribution in [2.75, 3.05) is 29.2 Å². The van der Waals surface area contributed by atoms with Gasteiger partial charge in [-0.25, -0.2) is 18.4 Å². The second-order valence-corrected chi connectivity index (χ2v) is 9.48. The van der Waals surface area contributed by atoms with Crippen molar-refractivity contribution in [1.82, 2.24) is 9.97 Å². The summed E-state index contributed by atoms with van der Waals surface area (Å²) in [7, 11) is -2.95. The van der Waals surface area contributed by atoms with Crippen LogP contribution in [0.25, 0.3) is 0 Å². The molecule has 1 fully saturated rings. The van der Waals surface area contributed by atoms with Crippen LogP contribution in [0, 0.1) is 5.92 Å². The van der Waals surface area contributed by atoms with Crippen molar-refractivity contribution in [3.63, 3.8) is 0 Å². The summed E-state index contributed by atoms with van der Waals surface area (Å²) >= 11 is 0. The first-order valence-electron chi connectivity index (χ1n) is 8.89. The maximum atomic E-state index is 11.3. The van der Waals surface area contributed by atoms with Gasteiger partial charge in [-0.1, -0.05) is 13.8 Å². The topological polar surface area (TPSA) is 93.2 Å². The number of hydrogen-bond acceptors (Lipinski definition) is 7. The van der Waals surface area contributed by atoms with Crippen LogP contribution >= 0.6 is 0 Å². The maximum absolute atomic E-state index is 11.3. The molecule has 0 saturated carbocycles. The smallest absolute Gasteiger partial charge is 0.147 e. The van der Waals surface area contributed by atoms with E-state index in [1.54, 1.807) is 0 Å². The minimum Gasteiger partial charge on any atom is -0.376 e. The molecule has 8 heteroatoms. The van der Waals surface area contributed by atoms with E-state index >= 15 is 0 Å². The van der Waals surface area contributed by atoms with Crippen molar-refractivity contribution in [2.45, 2.75) is 58.2 Å². The summed E-state index contributed by atoms with van der Waals surface area (Å²) in [4.78, 5) is 8.53. The second kappa shape index (κ2) is 8.80. The lowest BCUT2D eigenvalue weighted by Gasteiger charge is -2.35. The number of nitrogens with one attached hydrogen (secondary N) is 2. The molecular formula is C17H30N4O3S. The lowest BCUT2D eigenvalue weighted by atomic mass is 9.94. The SMILES string of the molecule is CC(CCS(C)(=O)=O)Nc1cc(NC2CCCOC2C(C)C)ncn1. The Balaban J connectivity index is 1.96. The summed E-state index contributed by atoms with van der Waals surface area (Å²) in [6.07, 6.45) is 5.58. The van der Waals surface area contributed by atoms with E-state index in [1.165, 1.54) is 12.6 Å². The van der Waals surface area contributed by atoms with Gasteiger partial charge in [-0.15, -0.1) is 0 Å². The van der Waals surface area contributed by atoms with Gasteiger partial charge in [0.2, 0.25) is 0 Å². The number of anilines is 2. The van der Waals surface area contributed by atoms with Crippen molar-refractivity contribution in [2.24, 2.45) is 5.92 Å². The van der Waals surface area contributed by atoms with Gasteiger partial charge in [-0.2, -0.15) is 0 Å². The highest BCUT2D eigenvalue weighted by atomic mass is 32.2. The molecule has 3 atom stereocenters. The summed E-state index contributed by atoms with van der Waals surface area (Å²) in [6.45, 7) is 7.10. The molecule has 1 aromatic rings. The molecule has 1 aliphatic heterocycles. The first-order valence-corrected chi connectivity index (χ1v) is 10.9. The normalized spacial score (nSPS) is 22.6. The van der Waals surface area contributed by atoms with Gasteiger partial charge < -0.3 is 15.4 Å². The van der Waals surface area contributed by atoms with E-state index in [1.807, 2.05) is 13.0 Å². The highest BCUT2D eigenvalue weighted by Crippen LogP contribution is 2.24. The molecule has 2 rings (SSSR count). The summed E-state index contributed by atoms with van der Waals surface area (Å²) < 4.78 is 28.5. The number of hydrogen-bond donors (Lipinski definition) is 2. The average Bonchev–Trinajstić information content (AvgIpc) is 2.53. The highest BCUT2D eigenvalue weighted by Gasteiger charge is 2.28. The number of aromatic nitrogens is 2. The van der Waals surface area contributed by atoms with Crippen LogP contribution in [-0.4, -0.2) is 55.2 Å². The molecule has 7 nitrogen and oxygen atoms in total. The van der Waals surface area contributed by atoms with Gasteiger partial charge in [0, 0.05) is 25.0 Å². The predicted molar refractivity (Wildman–Crippen MR) is 101 cm³/mol. The first-order chi connectivity index (χ1) is 11.7. The van der Waals surface area contributed by atoms with Gasteiger partial charge in [0.1, 0.15) is 27.8 Å². The quantitative estimate of drug-likeness (QED) is 0.725. The zero-order chi connectivity index (χ0) is 18.4. The Morgan fingerprint density at radius 2 is 2.00 bits per heavy atom. The van der Waals surface area contributed by atoms with Crippen LogP contribution in [0.5, 0.6) is 0 Å². The number of rotatable bonds is 8. The summed E-state index contributed by atoms with van der Waals surface area (Å²) in [5, 5.41) is 6.71. The molecular weight excluding hydrogens is 340 g/mol. The molecule has 1 aromatic heterocycles. The molecule has 0 radical (unpaired) electrons. The van der Waals surface area contributed by atoms with Crippen LogP contribution in [0.3, 0.4) is 0 Å². The van der Waals surface area contributed by atoms with E-state index in [-0.39, 0.29) is 23.9 Å². The van der Waals surface area contributed by atoms with Gasteiger partial charge in [-0.05, 0) is 32.1 Å². The molecule has 1 aliphatic rings. The number of sulfone groups is 1. The number of ether oxygens (including phenoxy) is 1. The predicted octanol–water partition coefficient (Wildman–Crippen LogP) is 2.33. The molecule has 1 saturated heterocycles. The minimum absolute atomic E-state index is 0.0129. The van der Waals surface area contributed by atoms with Crippen LogP contribution in [0.1, 0.15) is 40.0 Å². The first kappa shape index (κ1) is 19.9. The molecule has 142 valence electrons. The van der Waals surface area contributed by atoms with Crippen molar-refractivity contribution in [1.29, 1.82) is 0 Å². The van der Waals surface area contributed by atoms with Crippen LogP contribution in [0.2, 0.25) is 0 Å². The molecule has 0 aliphatic carbocycles. The van der Waals surface area contributed by atoms with Gasteiger partial charge in [0.05, 0.1) is 17.9 Å². The van der Waals surface area contributed by atoms with E-state index in [0.717, 1.165) is 25.3 Å². The average molecular weight is 371 g/mol. The van der Waals surface area contributed by atoms with Gasteiger partial charge in [-0.3, -0.25) is 0 Å². The monoisotopic (exact) mass is 370 g/mol. The van der Waals surface area contributed by atoms with Crippen LogP contribution in [-0.2, 0) is 14.6 Å². The van der Waals surface area contributed by atoms with E-state index < -0.39 is 9.84 Å². The Morgan fingerprint density at radius 1 is 1.28 bits per heavy atom. The number of nitrogens with zero attached hydrogens (tertiary/aromatic N) is 2. The Kier molecular flexibility index (Phi) is 7.01. The Labute approximate surface area is 150 Å². The van der Waals surface area contributed by atoms with Crippen LogP contribution < -0.4 is 10.6 Å². The van der Waals surface area contributed by atoms with Crippen molar-refractivity contribution in [3.05, 3.63) is 12.4 Å². The molecule has 0 bridgehead atoms. The van der Waals surface area contributed by atoms with E-state index in [9.17, 15) is 8.42 Å². The third-order valence-corrected chi connectivity index (χ3v) is 5.32. The fourth-order valence-electron chi connectivity index (χ4n) is 3.04. The van der Waals surface area contributed by atoms with Gasteiger partial charge in [0.15, 0.2) is 0 Å². The van der Waals surface area contributed by atoms with Crippen LogP contribution in [0.4, 0.5) is 11.6 Å². The fourth-order valence-corrected chi connectivity index (χ4v) is 3.82. The van der Waals surface area contributed by atoms with E-state index in [4.69, 9.17) is 4.74 Å². The summed E-state index contributed by atoms with van der Waals surface area (Å²) in [5.41, 5.74) is 0. The Morgan fingerprint density at radius 3 is 2.68 bits per heavy atom. The zero-order valence-electron chi connectivity index (χ0n) is 15.5. The molecule has 0 spiro atoms. The third kappa shape index (κ3) is 6.78. The van der Waals surface area contributed by atoms with Crippen molar-refractivity contribution < 1.29 is 13.2 Å². The molecule has 2 heterocycles. The summed E-state index contributed by atoms with van der Waals surface area (Å²) in [6, 6.07) is 2.11. The van der Waals surface area contributed by atoms with Crippen molar-refractivity contribution >= 4 is 21.5 Å². The molecule has 3 unspecified atom stereocenters. The second-order valence-electron chi connectivity index (χ2n) is 7.22. The molecule has 0 aromatic carbocycles.